The standard InChI is InChI=1S/C9H19N3O/c10-8-9(13)11-4-7-12-5-2-1-3-6-12/h1-8,10H2,(H,11,13). The van der Waals surface area contributed by atoms with Gasteiger partial charge in [0.1, 0.15) is 0 Å². The molecule has 1 aliphatic heterocycles. The average Bonchev–Trinajstić information content (AvgIpc) is 2.19. The van der Waals surface area contributed by atoms with Gasteiger partial charge in [-0.25, -0.2) is 0 Å². The Morgan fingerprint density at radius 1 is 1.31 bits per heavy atom. The minimum atomic E-state index is -0.0583. The Balaban J connectivity index is 2.01. The predicted molar refractivity (Wildman–Crippen MR) is 52.4 cm³/mol. The van der Waals surface area contributed by atoms with Crippen molar-refractivity contribution >= 4 is 5.91 Å². The molecule has 0 bridgehead atoms. The first kappa shape index (κ1) is 10.5. The molecule has 1 heterocycles. The molecule has 0 saturated carbocycles. The van der Waals surface area contributed by atoms with Crippen molar-refractivity contribution in [1.82, 2.24) is 10.2 Å². The normalized spacial score (nSPS) is 18.5. The second-order valence-electron chi connectivity index (χ2n) is 3.46. The second kappa shape index (κ2) is 5.94. The molecule has 4 nitrogen and oxygen atoms in total. The Kier molecular flexibility index (Phi) is 4.78. The van der Waals surface area contributed by atoms with Crippen LogP contribution in [0, 0.1) is 0 Å². The molecule has 0 spiro atoms. The first-order valence-electron chi connectivity index (χ1n) is 5.02. The summed E-state index contributed by atoms with van der Waals surface area (Å²) in [4.78, 5) is 13.2. The molecule has 1 rings (SSSR count). The number of carbonyl (C=O) groups excluding carboxylic acids is 1. The number of carbonyl (C=O) groups is 1. The first-order chi connectivity index (χ1) is 6.33. The van der Waals surface area contributed by atoms with Gasteiger partial charge < -0.3 is 16.0 Å². The van der Waals surface area contributed by atoms with Gasteiger partial charge >= 0.3 is 0 Å². The van der Waals surface area contributed by atoms with Crippen LogP contribution in [0.25, 0.3) is 0 Å². The lowest BCUT2D eigenvalue weighted by atomic mass is 10.1. The van der Waals surface area contributed by atoms with Crippen LogP contribution in [0.1, 0.15) is 19.3 Å². The minimum Gasteiger partial charge on any atom is -0.354 e. The molecule has 4 heteroatoms. The van der Waals surface area contributed by atoms with Crippen molar-refractivity contribution in [3.8, 4) is 0 Å². The monoisotopic (exact) mass is 185 g/mol. The third-order valence-corrected chi connectivity index (χ3v) is 2.38. The van der Waals surface area contributed by atoms with Gasteiger partial charge in [0.2, 0.25) is 5.91 Å². The van der Waals surface area contributed by atoms with E-state index >= 15 is 0 Å². The van der Waals surface area contributed by atoms with Gasteiger partial charge in [-0.05, 0) is 25.9 Å². The van der Waals surface area contributed by atoms with Crippen molar-refractivity contribution in [2.75, 3.05) is 32.7 Å². The molecule has 0 atom stereocenters. The topological polar surface area (TPSA) is 58.4 Å². The molecule has 1 aliphatic rings. The molecule has 13 heavy (non-hydrogen) atoms. The van der Waals surface area contributed by atoms with E-state index in [1.165, 1.54) is 32.4 Å². The maximum Gasteiger partial charge on any atom is 0.233 e. The van der Waals surface area contributed by atoms with Gasteiger partial charge in [0, 0.05) is 13.1 Å². The second-order valence-corrected chi connectivity index (χ2v) is 3.46. The summed E-state index contributed by atoms with van der Waals surface area (Å²) in [5.74, 6) is -0.0583. The fraction of sp³-hybridized carbons (Fsp3) is 0.889. The Hall–Kier alpha value is -0.610. The maximum absolute atomic E-state index is 10.8. The van der Waals surface area contributed by atoms with Gasteiger partial charge in [-0.15, -0.1) is 0 Å². The lowest BCUT2D eigenvalue weighted by Crippen LogP contribution is -2.39. The van der Waals surface area contributed by atoms with Crippen molar-refractivity contribution in [3.05, 3.63) is 0 Å². The van der Waals surface area contributed by atoms with Gasteiger partial charge in [-0.2, -0.15) is 0 Å². The summed E-state index contributed by atoms with van der Waals surface area (Å²) in [7, 11) is 0. The van der Waals surface area contributed by atoms with Gasteiger partial charge in [-0.1, -0.05) is 6.42 Å². The van der Waals surface area contributed by atoms with E-state index in [4.69, 9.17) is 5.73 Å². The van der Waals surface area contributed by atoms with Crippen LogP contribution in [0.2, 0.25) is 0 Å². The van der Waals surface area contributed by atoms with Crippen LogP contribution in [0.4, 0.5) is 0 Å². The zero-order chi connectivity index (χ0) is 9.52. The van der Waals surface area contributed by atoms with Crippen LogP contribution in [-0.4, -0.2) is 43.5 Å². The summed E-state index contributed by atoms with van der Waals surface area (Å²) >= 11 is 0. The van der Waals surface area contributed by atoms with Crippen molar-refractivity contribution in [2.45, 2.75) is 19.3 Å². The molecule has 0 unspecified atom stereocenters. The molecule has 0 radical (unpaired) electrons. The van der Waals surface area contributed by atoms with Crippen LogP contribution in [0.5, 0.6) is 0 Å². The third-order valence-electron chi connectivity index (χ3n) is 2.38. The third kappa shape index (κ3) is 4.24. The van der Waals surface area contributed by atoms with E-state index in [1.54, 1.807) is 0 Å². The van der Waals surface area contributed by atoms with Crippen molar-refractivity contribution in [2.24, 2.45) is 5.73 Å². The van der Waals surface area contributed by atoms with Gasteiger partial charge in [-0.3, -0.25) is 4.79 Å². The SMILES string of the molecule is NCC(=O)NCCN1CCCCC1. The highest BCUT2D eigenvalue weighted by molar-refractivity contribution is 5.77. The fourth-order valence-electron chi connectivity index (χ4n) is 1.61. The van der Waals surface area contributed by atoms with Gasteiger partial charge in [0.15, 0.2) is 0 Å². The zero-order valence-electron chi connectivity index (χ0n) is 8.09. The molecule has 0 aliphatic carbocycles. The largest absolute Gasteiger partial charge is 0.354 e. The van der Waals surface area contributed by atoms with E-state index in [1.807, 2.05) is 0 Å². The number of nitrogens with two attached hydrogens (primary N) is 1. The van der Waals surface area contributed by atoms with Gasteiger partial charge in [0.05, 0.1) is 6.54 Å². The van der Waals surface area contributed by atoms with Crippen LogP contribution in [0.15, 0.2) is 0 Å². The van der Waals surface area contributed by atoms with E-state index in [2.05, 4.69) is 10.2 Å². The average molecular weight is 185 g/mol. The number of rotatable bonds is 4. The number of nitrogens with zero attached hydrogens (tertiary/aromatic N) is 1. The molecule has 0 aromatic rings. The number of piperidine rings is 1. The zero-order valence-corrected chi connectivity index (χ0v) is 8.09. The molecular weight excluding hydrogens is 166 g/mol. The summed E-state index contributed by atoms with van der Waals surface area (Å²) in [6, 6.07) is 0. The van der Waals surface area contributed by atoms with Crippen molar-refractivity contribution < 1.29 is 4.79 Å². The highest BCUT2D eigenvalue weighted by Crippen LogP contribution is 2.06. The van der Waals surface area contributed by atoms with E-state index in [9.17, 15) is 4.79 Å². The number of hydrogen-bond donors (Lipinski definition) is 2. The first-order valence-corrected chi connectivity index (χ1v) is 5.02. The molecule has 3 N–H and O–H groups in total. The quantitative estimate of drug-likeness (QED) is 0.623. The Morgan fingerprint density at radius 3 is 2.62 bits per heavy atom. The number of likely N-dealkylation sites (tertiary alicyclic amines) is 1. The summed E-state index contributed by atoms with van der Waals surface area (Å²) in [6.45, 7) is 4.15. The molecule has 1 fully saturated rings. The summed E-state index contributed by atoms with van der Waals surface area (Å²) < 4.78 is 0. The Labute approximate surface area is 79.5 Å². The maximum atomic E-state index is 10.8. The van der Waals surface area contributed by atoms with E-state index in [0.717, 1.165) is 13.1 Å². The van der Waals surface area contributed by atoms with Crippen LogP contribution in [0.3, 0.4) is 0 Å². The van der Waals surface area contributed by atoms with Crippen LogP contribution in [-0.2, 0) is 4.79 Å². The lowest BCUT2D eigenvalue weighted by molar-refractivity contribution is -0.119. The van der Waals surface area contributed by atoms with Crippen LogP contribution >= 0.6 is 0 Å². The highest BCUT2D eigenvalue weighted by Gasteiger charge is 2.09. The Bertz CT molecular complexity index is 155. The molecule has 1 saturated heterocycles. The fourth-order valence-corrected chi connectivity index (χ4v) is 1.61. The lowest BCUT2D eigenvalue weighted by Gasteiger charge is -2.26. The van der Waals surface area contributed by atoms with Crippen molar-refractivity contribution in [3.63, 3.8) is 0 Å². The minimum absolute atomic E-state index is 0.0583. The Morgan fingerprint density at radius 2 is 2.00 bits per heavy atom. The molecule has 0 aromatic carbocycles. The summed E-state index contributed by atoms with van der Waals surface area (Å²) in [5, 5.41) is 2.77. The molecule has 76 valence electrons. The number of nitrogens with one attached hydrogen (secondary N) is 1. The molecule has 1 amide bonds. The van der Waals surface area contributed by atoms with Crippen molar-refractivity contribution in [1.29, 1.82) is 0 Å². The smallest absolute Gasteiger partial charge is 0.233 e. The summed E-state index contributed by atoms with van der Waals surface area (Å²) in [6.07, 6.45) is 3.95. The summed E-state index contributed by atoms with van der Waals surface area (Å²) in [5.41, 5.74) is 5.17. The highest BCUT2D eigenvalue weighted by atomic mass is 16.1. The number of hydrogen-bond acceptors (Lipinski definition) is 3. The van der Waals surface area contributed by atoms with E-state index < -0.39 is 0 Å². The molecular formula is C9H19N3O. The predicted octanol–water partition coefficient (Wildman–Crippen LogP) is -0.453. The van der Waals surface area contributed by atoms with E-state index in [0.29, 0.717) is 0 Å². The van der Waals surface area contributed by atoms with E-state index in [-0.39, 0.29) is 12.5 Å². The van der Waals surface area contributed by atoms with Crippen LogP contribution < -0.4 is 11.1 Å². The van der Waals surface area contributed by atoms with Gasteiger partial charge in [0.25, 0.3) is 0 Å². The number of amides is 1. The molecule has 0 aromatic heterocycles.